The van der Waals surface area contributed by atoms with Gasteiger partial charge >= 0.3 is 0 Å². The molecule has 1 aliphatic rings. The van der Waals surface area contributed by atoms with E-state index in [0.717, 1.165) is 35.7 Å². The highest BCUT2D eigenvalue weighted by molar-refractivity contribution is 9.10. The molecule has 5 nitrogen and oxygen atoms in total. The van der Waals surface area contributed by atoms with E-state index in [1.165, 1.54) is 0 Å². The fourth-order valence-electron chi connectivity index (χ4n) is 2.46. The van der Waals surface area contributed by atoms with E-state index in [9.17, 15) is 0 Å². The fraction of sp³-hybridized carbons (Fsp3) is 0.533. The number of rotatable bonds is 3. The van der Waals surface area contributed by atoms with Crippen molar-refractivity contribution in [3.63, 3.8) is 0 Å². The Balaban J connectivity index is 1.61. The lowest BCUT2D eigenvalue weighted by Crippen LogP contribution is -2.49. The molecular weight excluding hydrogens is 330 g/mol. The van der Waals surface area contributed by atoms with Crippen LogP contribution in [0.2, 0.25) is 0 Å². The highest BCUT2D eigenvalue weighted by Crippen LogP contribution is 2.26. The van der Waals surface area contributed by atoms with Crippen LogP contribution in [0.25, 0.3) is 0 Å². The van der Waals surface area contributed by atoms with Gasteiger partial charge in [-0.15, -0.1) is 0 Å². The third-order valence-corrected chi connectivity index (χ3v) is 4.05. The molecule has 112 valence electrons. The van der Waals surface area contributed by atoms with Crippen LogP contribution in [0.1, 0.15) is 26.6 Å². The first-order valence-corrected chi connectivity index (χ1v) is 7.97. The molecule has 1 aliphatic heterocycles. The molecule has 1 fully saturated rings. The van der Waals surface area contributed by atoms with Crippen molar-refractivity contribution in [2.45, 2.75) is 32.7 Å². The monoisotopic (exact) mass is 349 g/mol. The molecule has 0 N–H and O–H groups in total. The van der Waals surface area contributed by atoms with E-state index in [0.29, 0.717) is 5.92 Å². The van der Waals surface area contributed by atoms with Crippen LogP contribution >= 0.6 is 15.9 Å². The Morgan fingerprint density at radius 2 is 2.10 bits per heavy atom. The summed E-state index contributed by atoms with van der Waals surface area (Å²) in [5.74, 6) is 2.57. The van der Waals surface area contributed by atoms with Crippen LogP contribution in [-0.4, -0.2) is 32.8 Å². The summed E-state index contributed by atoms with van der Waals surface area (Å²) in [7, 11) is 0. The second-order valence-corrected chi connectivity index (χ2v) is 7.56. The molecule has 3 heterocycles. The van der Waals surface area contributed by atoms with Gasteiger partial charge in [-0.3, -0.25) is 4.68 Å². The summed E-state index contributed by atoms with van der Waals surface area (Å²) in [4.78, 5) is 11.4. The fourth-order valence-corrected chi connectivity index (χ4v) is 2.79. The van der Waals surface area contributed by atoms with E-state index in [-0.39, 0.29) is 5.41 Å². The van der Waals surface area contributed by atoms with E-state index in [2.05, 4.69) is 51.7 Å². The third-order valence-electron chi connectivity index (χ3n) is 3.64. The number of nitrogens with zero attached hydrogens (tertiary/aromatic N) is 5. The van der Waals surface area contributed by atoms with Gasteiger partial charge in [-0.05, 0) is 22.0 Å². The summed E-state index contributed by atoms with van der Waals surface area (Å²) < 4.78 is 3.02. The number of aromatic nitrogens is 4. The molecule has 0 saturated carbocycles. The molecule has 2 aromatic rings. The molecule has 0 atom stereocenters. The molecule has 21 heavy (non-hydrogen) atoms. The second-order valence-electron chi connectivity index (χ2n) is 6.64. The van der Waals surface area contributed by atoms with Gasteiger partial charge in [-0.2, -0.15) is 5.10 Å². The van der Waals surface area contributed by atoms with Crippen molar-refractivity contribution in [3.05, 3.63) is 35.0 Å². The van der Waals surface area contributed by atoms with Crippen LogP contribution in [0.5, 0.6) is 0 Å². The highest BCUT2D eigenvalue weighted by Gasteiger charge is 2.29. The number of anilines is 1. The van der Waals surface area contributed by atoms with Gasteiger partial charge in [-0.1, -0.05) is 20.8 Å². The lowest BCUT2D eigenvalue weighted by molar-refractivity contribution is 0.339. The summed E-state index contributed by atoms with van der Waals surface area (Å²) in [6, 6.07) is 2.00. The van der Waals surface area contributed by atoms with E-state index in [1.807, 2.05) is 29.3 Å². The van der Waals surface area contributed by atoms with Crippen molar-refractivity contribution in [1.82, 2.24) is 19.7 Å². The quantitative estimate of drug-likeness (QED) is 0.854. The van der Waals surface area contributed by atoms with Crippen LogP contribution in [0.15, 0.2) is 29.1 Å². The zero-order chi connectivity index (χ0) is 15.0. The first-order chi connectivity index (χ1) is 9.91. The van der Waals surface area contributed by atoms with Crippen LogP contribution in [0, 0.1) is 5.92 Å². The van der Waals surface area contributed by atoms with Gasteiger partial charge < -0.3 is 4.90 Å². The zero-order valence-corrected chi connectivity index (χ0v) is 14.2. The minimum Gasteiger partial charge on any atom is -0.356 e. The molecule has 3 rings (SSSR count). The normalized spacial score (nSPS) is 16.1. The molecule has 0 radical (unpaired) electrons. The van der Waals surface area contributed by atoms with Crippen molar-refractivity contribution in [2.75, 3.05) is 18.0 Å². The maximum absolute atomic E-state index is 4.70. The lowest BCUT2D eigenvalue weighted by Gasteiger charge is -2.40. The van der Waals surface area contributed by atoms with Gasteiger partial charge in [0.15, 0.2) is 0 Å². The standard InChI is InChI=1S/C15H20BrN5/c1-15(2,3)14-17-5-4-13(19-14)20-7-11(8-20)9-21-10-12(16)6-18-21/h4-6,10-11H,7-9H2,1-3H3. The van der Waals surface area contributed by atoms with Crippen LogP contribution in [0.4, 0.5) is 5.82 Å². The van der Waals surface area contributed by atoms with Crippen molar-refractivity contribution in [3.8, 4) is 0 Å². The van der Waals surface area contributed by atoms with Crippen LogP contribution in [-0.2, 0) is 12.0 Å². The van der Waals surface area contributed by atoms with Crippen molar-refractivity contribution >= 4 is 21.7 Å². The number of hydrogen-bond donors (Lipinski definition) is 0. The molecule has 0 bridgehead atoms. The summed E-state index contributed by atoms with van der Waals surface area (Å²) in [5.41, 5.74) is -0.0123. The Morgan fingerprint density at radius 1 is 1.33 bits per heavy atom. The van der Waals surface area contributed by atoms with Crippen LogP contribution in [0.3, 0.4) is 0 Å². The maximum atomic E-state index is 4.70. The summed E-state index contributed by atoms with van der Waals surface area (Å²) in [6.07, 6.45) is 5.71. The Labute approximate surface area is 133 Å². The minimum atomic E-state index is -0.0123. The van der Waals surface area contributed by atoms with Gasteiger partial charge in [0.25, 0.3) is 0 Å². The van der Waals surface area contributed by atoms with Gasteiger partial charge in [0.2, 0.25) is 0 Å². The zero-order valence-electron chi connectivity index (χ0n) is 12.6. The van der Waals surface area contributed by atoms with Crippen molar-refractivity contribution in [1.29, 1.82) is 0 Å². The first-order valence-electron chi connectivity index (χ1n) is 7.18. The number of halogens is 1. The first kappa shape index (κ1) is 14.5. The number of hydrogen-bond acceptors (Lipinski definition) is 4. The molecule has 1 saturated heterocycles. The van der Waals surface area contributed by atoms with Gasteiger partial charge in [0.05, 0.1) is 10.7 Å². The predicted molar refractivity (Wildman–Crippen MR) is 86.4 cm³/mol. The molecule has 0 unspecified atom stereocenters. The smallest absolute Gasteiger partial charge is 0.135 e. The van der Waals surface area contributed by atoms with Gasteiger partial charge in [0.1, 0.15) is 11.6 Å². The van der Waals surface area contributed by atoms with Gasteiger partial charge in [-0.25, -0.2) is 9.97 Å². The topological polar surface area (TPSA) is 46.8 Å². The Bertz CT molecular complexity index is 625. The summed E-state index contributed by atoms with van der Waals surface area (Å²) in [5, 5.41) is 4.31. The Morgan fingerprint density at radius 3 is 2.71 bits per heavy atom. The SMILES string of the molecule is CC(C)(C)c1nccc(N2CC(Cn3cc(Br)cn3)C2)n1. The Hall–Kier alpha value is -1.43. The molecule has 2 aromatic heterocycles. The predicted octanol–water partition coefficient (Wildman–Crippen LogP) is 2.87. The molecule has 0 aromatic carbocycles. The summed E-state index contributed by atoms with van der Waals surface area (Å²) in [6.45, 7) is 9.43. The average Bonchev–Trinajstić information content (AvgIpc) is 2.78. The largest absolute Gasteiger partial charge is 0.356 e. The van der Waals surface area contributed by atoms with E-state index in [4.69, 9.17) is 4.98 Å². The van der Waals surface area contributed by atoms with Crippen molar-refractivity contribution in [2.24, 2.45) is 5.92 Å². The van der Waals surface area contributed by atoms with E-state index < -0.39 is 0 Å². The molecule has 0 amide bonds. The lowest BCUT2D eigenvalue weighted by atomic mass is 9.95. The molecule has 6 heteroatoms. The second kappa shape index (κ2) is 5.40. The van der Waals surface area contributed by atoms with E-state index in [1.54, 1.807) is 0 Å². The molecule has 0 aliphatic carbocycles. The average molecular weight is 350 g/mol. The molecular formula is C15H20BrN5. The van der Waals surface area contributed by atoms with Crippen molar-refractivity contribution < 1.29 is 0 Å². The van der Waals surface area contributed by atoms with E-state index >= 15 is 0 Å². The highest BCUT2D eigenvalue weighted by atomic mass is 79.9. The Kier molecular flexibility index (Phi) is 3.73. The molecule has 0 spiro atoms. The van der Waals surface area contributed by atoms with Crippen LogP contribution < -0.4 is 4.90 Å². The van der Waals surface area contributed by atoms with Gasteiger partial charge in [0, 0.05) is 43.4 Å². The maximum Gasteiger partial charge on any atom is 0.135 e. The third kappa shape index (κ3) is 3.26. The summed E-state index contributed by atoms with van der Waals surface area (Å²) >= 11 is 3.43. The minimum absolute atomic E-state index is 0.0123.